The topological polar surface area (TPSA) is 79.3 Å². The van der Waals surface area contributed by atoms with Crippen LogP contribution in [-0.4, -0.2) is 50.8 Å². The minimum atomic E-state index is -3.83. The highest BCUT2D eigenvalue weighted by Gasteiger charge is 2.30. The Bertz CT molecular complexity index is 975. The first-order chi connectivity index (χ1) is 13.3. The third kappa shape index (κ3) is 4.40. The molecule has 0 aromatic heterocycles. The fourth-order valence-corrected chi connectivity index (χ4v) is 4.78. The largest absolute Gasteiger partial charge is 0.456 e. The van der Waals surface area contributed by atoms with E-state index < -0.39 is 10.0 Å². The smallest absolute Gasteiger partial charge is 0.246 e. The summed E-state index contributed by atoms with van der Waals surface area (Å²) in [6, 6.07) is 9.99. The van der Waals surface area contributed by atoms with Crippen LogP contribution in [0.3, 0.4) is 0 Å². The second kappa shape index (κ2) is 8.38. The molecule has 0 atom stereocenters. The van der Waals surface area contributed by atoms with Crippen LogP contribution in [0.1, 0.15) is 17.5 Å². The van der Waals surface area contributed by atoms with Crippen LogP contribution in [0.2, 0.25) is 0 Å². The van der Waals surface area contributed by atoms with E-state index in [9.17, 15) is 13.3 Å². The molecule has 1 aliphatic heterocycles. The summed E-state index contributed by atoms with van der Waals surface area (Å²) in [6.07, 6.45) is 0.745. The van der Waals surface area contributed by atoms with Gasteiger partial charge in [-0.25, -0.2) is 8.42 Å². The number of likely N-dealkylation sites (N-methyl/N-ethyl adjacent to an activating group) is 1. The van der Waals surface area contributed by atoms with E-state index in [2.05, 4.69) is 10.1 Å². The van der Waals surface area contributed by atoms with Crippen molar-refractivity contribution in [2.75, 3.05) is 33.2 Å². The second-order valence-corrected chi connectivity index (χ2v) is 9.06. The quantitative estimate of drug-likeness (QED) is 0.709. The SMILES string of the molecule is Cc1ccc(C)c(Oc2ccc(N=O)cc2S(=O)(=O)N2CCCN(C)CC2)c1. The fraction of sp³-hybridized carbons (Fsp3) is 0.400. The molecule has 2 aromatic rings. The molecular formula is C20H25N3O4S. The highest BCUT2D eigenvalue weighted by Crippen LogP contribution is 2.35. The van der Waals surface area contributed by atoms with Gasteiger partial charge < -0.3 is 9.64 Å². The van der Waals surface area contributed by atoms with Crippen LogP contribution in [0.25, 0.3) is 0 Å². The van der Waals surface area contributed by atoms with Crippen molar-refractivity contribution in [2.24, 2.45) is 5.18 Å². The Balaban J connectivity index is 2.03. The number of hydrogen-bond donors (Lipinski definition) is 0. The summed E-state index contributed by atoms with van der Waals surface area (Å²) in [6.45, 7) is 6.15. The van der Waals surface area contributed by atoms with Gasteiger partial charge in [-0.2, -0.15) is 4.31 Å². The van der Waals surface area contributed by atoms with Crippen molar-refractivity contribution < 1.29 is 13.2 Å². The Morgan fingerprint density at radius 3 is 2.50 bits per heavy atom. The van der Waals surface area contributed by atoms with Crippen LogP contribution in [0.4, 0.5) is 5.69 Å². The zero-order valence-electron chi connectivity index (χ0n) is 16.4. The number of sulfonamides is 1. The first-order valence-corrected chi connectivity index (χ1v) is 10.7. The molecule has 0 bridgehead atoms. The molecule has 0 spiro atoms. The lowest BCUT2D eigenvalue weighted by molar-refractivity contribution is 0.346. The molecule has 0 radical (unpaired) electrons. The lowest BCUT2D eigenvalue weighted by Gasteiger charge is -2.22. The number of rotatable bonds is 5. The van der Waals surface area contributed by atoms with Gasteiger partial charge >= 0.3 is 0 Å². The number of nitrogens with zero attached hydrogens (tertiary/aromatic N) is 3. The molecule has 150 valence electrons. The molecule has 2 aromatic carbocycles. The summed E-state index contributed by atoms with van der Waals surface area (Å²) in [7, 11) is -1.86. The van der Waals surface area contributed by atoms with Crippen LogP contribution in [0.15, 0.2) is 46.5 Å². The highest BCUT2D eigenvalue weighted by atomic mass is 32.2. The van der Waals surface area contributed by atoms with Crippen molar-refractivity contribution in [1.82, 2.24) is 9.21 Å². The van der Waals surface area contributed by atoms with E-state index in [1.165, 1.54) is 22.5 Å². The molecular weight excluding hydrogens is 378 g/mol. The molecule has 7 nitrogen and oxygen atoms in total. The van der Waals surface area contributed by atoms with Gasteiger partial charge in [-0.15, -0.1) is 4.91 Å². The van der Waals surface area contributed by atoms with Crippen molar-refractivity contribution in [3.05, 3.63) is 52.4 Å². The van der Waals surface area contributed by atoms with Gasteiger partial charge in [0, 0.05) is 19.6 Å². The summed E-state index contributed by atoms with van der Waals surface area (Å²) in [5.74, 6) is 0.776. The summed E-state index contributed by atoms with van der Waals surface area (Å²) in [4.78, 5) is 13.1. The lowest BCUT2D eigenvalue weighted by atomic mass is 10.1. The average Bonchev–Trinajstić information content (AvgIpc) is 2.90. The summed E-state index contributed by atoms with van der Waals surface area (Å²) >= 11 is 0. The second-order valence-electron chi connectivity index (χ2n) is 7.15. The molecule has 28 heavy (non-hydrogen) atoms. The van der Waals surface area contributed by atoms with Crippen molar-refractivity contribution in [3.8, 4) is 11.5 Å². The Morgan fingerprint density at radius 1 is 0.964 bits per heavy atom. The van der Waals surface area contributed by atoms with E-state index >= 15 is 0 Å². The predicted octanol–water partition coefficient (Wildman–Crippen LogP) is 3.82. The number of benzene rings is 2. The van der Waals surface area contributed by atoms with Gasteiger partial charge in [0.1, 0.15) is 22.1 Å². The molecule has 8 heteroatoms. The molecule has 0 amide bonds. The van der Waals surface area contributed by atoms with Gasteiger partial charge in [-0.1, -0.05) is 12.1 Å². The molecule has 3 rings (SSSR count). The van der Waals surface area contributed by atoms with E-state index in [0.717, 1.165) is 24.1 Å². The van der Waals surface area contributed by atoms with Crippen molar-refractivity contribution >= 4 is 15.7 Å². The van der Waals surface area contributed by atoms with Gasteiger partial charge in [0.2, 0.25) is 10.0 Å². The van der Waals surface area contributed by atoms with Crippen LogP contribution in [0.5, 0.6) is 11.5 Å². The maximum Gasteiger partial charge on any atom is 0.246 e. The first kappa shape index (κ1) is 20.4. The normalized spacial score (nSPS) is 16.5. The number of aryl methyl sites for hydroxylation is 2. The third-order valence-corrected chi connectivity index (χ3v) is 6.81. The van der Waals surface area contributed by atoms with Crippen LogP contribution in [-0.2, 0) is 10.0 Å². The predicted molar refractivity (Wildman–Crippen MR) is 109 cm³/mol. The van der Waals surface area contributed by atoms with E-state index in [1.807, 2.05) is 39.1 Å². The van der Waals surface area contributed by atoms with Gasteiger partial charge in [0.25, 0.3) is 0 Å². The zero-order chi connectivity index (χ0) is 20.3. The minimum Gasteiger partial charge on any atom is -0.456 e. The fourth-order valence-electron chi connectivity index (χ4n) is 3.18. The van der Waals surface area contributed by atoms with Crippen LogP contribution < -0.4 is 4.74 Å². The molecule has 1 saturated heterocycles. The highest BCUT2D eigenvalue weighted by molar-refractivity contribution is 7.89. The van der Waals surface area contributed by atoms with Crippen molar-refractivity contribution in [2.45, 2.75) is 25.2 Å². The van der Waals surface area contributed by atoms with Gasteiger partial charge in [0.05, 0.1) is 0 Å². The van der Waals surface area contributed by atoms with Crippen molar-refractivity contribution in [3.63, 3.8) is 0 Å². The van der Waals surface area contributed by atoms with E-state index in [4.69, 9.17) is 4.74 Å². The van der Waals surface area contributed by atoms with Gasteiger partial charge in [0.15, 0.2) is 0 Å². The van der Waals surface area contributed by atoms with Crippen molar-refractivity contribution in [1.29, 1.82) is 0 Å². The molecule has 1 aliphatic rings. The molecule has 1 heterocycles. The Kier molecular flexibility index (Phi) is 6.12. The lowest BCUT2D eigenvalue weighted by Crippen LogP contribution is -2.34. The van der Waals surface area contributed by atoms with Crippen LogP contribution in [0, 0.1) is 18.8 Å². The molecule has 0 aliphatic carbocycles. The van der Waals surface area contributed by atoms with E-state index in [-0.39, 0.29) is 16.3 Å². The summed E-state index contributed by atoms with van der Waals surface area (Å²) < 4.78 is 34.2. The van der Waals surface area contributed by atoms with Crippen LogP contribution >= 0.6 is 0 Å². The average molecular weight is 404 g/mol. The first-order valence-electron chi connectivity index (χ1n) is 9.22. The monoisotopic (exact) mass is 403 g/mol. The van der Waals surface area contributed by atoms with E-state index in [0.29, 0.717) is 25.4 Å². The number of nitroso groups, excluding NO2 is 1. The number of hydrogen-bond acceptors (Lipinski definition) is 6. The maximum absolute atomic E-state index is 13.4. The van der Waals surface area contributed by atoms with Gasteiger partial charge in [-0.05, 0) is 74.4 Å². The van der Waals surface area contributed by atoms with Gasteiger partial charge in [-0.3, -0.25) is 0 Å². The molecule has 0 saturated carbocycles. The molecule has 1 fully saturated rings. The number of ether oxygens (including phenoxy) is 1. The standard InChI is InChI=1S/C20H25N3O4S/c1-15-5-6-16(2)19(13-15)27-18-8-7-17(21-24)14-20(18)28(25,26)23-10-4-9-22(3)11-12-23/h5-8,13-14H,4,9-12H2,1-3H3. The van der Waals surface area contributed by atoms with E-state index in [1.54, 1.807) is 0 Å². The Hall–Kier alpha value is -2.29. The molecule has 0 unspecified atom stereocenters. The third-order valence-electron chi connectivity index (χ3n) is 4.89. The Morgan fingerprint density at radius 2 is 1.75 bits per heavy atom. The maximum atomic E-state index is 13.4. The Labute approximate surface area is 165 Å². The zero-order valence-corrected chi connectivity index (χ0v) is 17.2. The minimum absolute atomic E-state index is 0.0324. The molecule has 0 N–H and O–H groups in total. The summed E-state index contributed by atoms with van der Waals surface area (Å²) in [5, 5.41) is 2.90. The summed E-state index contributed by atoms with van der Waals surface area (Å²) in [5.41, 5.74) is 1.95.